The Morgan fingerprint density at radius 1 is 1.22 bits per heavy atom. The lowest BCUT2D eigenvalue weighted by molar-refractivity contribution is 0.0104. The molecular formula is C18H19N3O2. The molecule has 0 spiro atoms. The summed E-state index contributed by atoms with van der Waals surface area (Å²) < 4.78 is 11.9. The van der Waals surface area contributed by atoms with Crippen LogP contribution in [0.2, 0.25) is 0 Å². The number of likely N-dealkylation sites (tertiary alicyclic amines) is 1. The van der Waals surface area contributed by atoms with Crippen molar-refractivity contribution in [2.45, 2.75) is 19.6 Å². The molecule has 3 aromatic rings. The van der Waals surface area contributed by atoms with Crippen LogP contribution in [0, 0.1) is 6.92 Å². The summed E-state index contributed by atoms with van der Waals surface area (Å²) in [5.41, 5.74) is 2.09. The van der Waals surface area contributed by atoms with Crippen molar-refractivity contribution < 1.29 is 9.15 Å². The fourth-order valence-corrected chi connectivity index (χ4v) is 2.82. The first-order valence-corrected chi connectivity index (χ1v) is 7.81. The van der Waals surface area contributed by atoms with Crippen molar-refractivity contribution in [3.8, 4) is 17.2 Å². The molecule has 0 radical (unpaired) electrons. The summed E-state index contributed by atoms with van der Waals surface area (Å²) in [6.45, 7) is 4.73. The third-order valence-electron chi connectivity index (χ3n) is 4.12. The SMILES string of the molecule is Cc1ccccc1OC1CN(Cc2ccc(-c3ccn[nH]3)o2)C1. The van der Waals surface area contributed by atoms with Crippen LogP contribution in [0.3, 0.4) is 0 Å². The van der Waals surface area contributed by atoms with Gasteiger partial charge >= 0.3 is 0 Å². The Hall–Kier alpha value is -2.53. The van der Waals surface area contributed by atoms with Gasteiger partial charge in [-0.25, -0.2) is 0 Å². The molecule has 1 N–H and O–H groups in total. The van der Waals surface area contributed by atoms with Crippen LogP contribution in [0.25, 0.3) is 11.5 Å². The lowest BCUT2D eigenvalue weighted by Gasteiger charge is -2.38. The van der Waals surface area contributed by atoms with E-state index in [2.05, 4.69) is 28.1 Å². The highest BCUT2D eigenvalue weighted by Gasteiger charge is 2.29. The minimum absolute atomic E-state index is 0.262. The van der Waals surface area contributed by atoms with E-state index in [9.17, 15) is 0 Å². The molecule has 5 heteroatoms. The van der Waals surface area contributed by atoms with E-state index >= 15 is 0 Å². The minimum atomic E-state index is 0.262. The van der Waals surface area contributed by atoms with Gasteiger partial charge < -0.3 is 9.15 Å². The van der Waals surface area contributed by atoms with Crippen LogP contribution in [-0.2, 0) is 6.54 Å². The summed E-state index contributed by atoms with van der Waals surface area (Å²) in [4.78, 5) is 2.32. The monoisotopic (exact) mass is 309 g/mol. The van der Waals surface area contributed by atoms with Crippen molar-refractivity contribution >= 4 is 0 Å². The van der Waals surface area contributed by atoms with Crippen LogP contribution in [0.1, 0.15) is 11.3 Å². The number of aryl methyl sites for hydroxylation is 1. The predicted octanol–water partition coefficient (Wildman–Crippen LogP) is 3.24. The predicted molar refractivity (Wildman–Crippen MR) is 87.2 cm³/mol. The Kier molecular flexibility index (Phi) is 3.63. The molecule has 1 saturated heterocycles. The van der Waals surface area contributed by atoms with Crippen LogP contribution in [0.15, 0.2) is 53.1 Å². The van der Waals surface area contributed by atoms with E-state index in [1.807, 2.05) is 36.4 Å². The topological polar surface area (TPSA) is 54.3 Å². The summed E-state index contributed by atoms with van der Waals surface area (Å²) >= 11 is 0. The molecular weight excluding hydrogens is 290 g/mol. The van der Waals surface area contributed by atoms with Crippen molar-refractivity contribution in [3.05, 3.63) is 60.0 Å². The van der Waals surface area contributed by atoms with Crippen molar-refractivity contribution in [3.63, 3.8) is 0 Å². The highest BCUT2D eigenvalue weighted by Crippen LogP contribution is 2.25. The van der Waals surface area contributed by atoms with Gasteiger partial charge in [-0.15, -0.1) is 0 Å². The number of nitrogens with one attached hydrogen (secondary N) is 1. The van der Waals surface area contributed by atoms with Crippen molar-refractivity contribution in [1.29, 1.82) is 0 Å². The van der Waals surface area contributed by atoms with Gasteiger partial charge in [0, 0.05) is 19.3 Å². The molecule has 0 atom stereocenters. The molecule has 5 nitrogen and oxygen atoms in total. The first kappa shape index (κ1) is 14.1. The Labute approximate surface area is 134 Å². The van der Waals surface area contributed by atoms with Gasteiger partial charge in [-0.1, -0.05) is 18.2 Å². The number of hydrogen-bond donors (Lipinski definition) is 1. The summed E-state index contributed by atoms with van der Waals surface area (Å²) in [5, 5.41) is 6.85. The van der Waals surface area contributed by atoms with E-state index in [1.54, 1.807) is 6.20 Å². The number of ether oxygens (including phenoxy) is 1. The van der Waals surface area contributed by atoms with Gasteiger partial charge in [0.2, 0.25) is 0 Å². The number of hydrogen-bond acceptors (Lipinski definition) is 4. The molecule has 118 valence electrons. The van der Waals surface area contributed by atoms with Crippen LogP contribution < -0.4 is 4.74 Å². The lowest BCUT2D eigenvalue weighted by atomic mass is 10.1. The molecule has 0 bridgehead atoms. The number of para-hydroxylation sites is 1. The molecule has 0 amide bonds. The normalized spacial score (nSPS) is 15.5. The van der Waals surface area contributed by atoms with Crippen LogP contribution in [-0.4, -0.2) is 34.3 Å². The van der Waals surface area contributed by atoms with Crippen LogP contribution >= 0.6 is 0 Å². The maximum atomic E-state index is 6.03. The number of H-pyrrole nitrogens is 1. The number of aromatic nitrogens is 2. The van der Waals surface area contributed by atoms with Crippen molar-refractivity contribution in [2.75, 3.05) is 13.1 Å². The number of furan rings is 1. The van der Waals surface area contributed by atoms with Gasteiger partial charge in [0.25, 0.3) is 0 Å². The molecule has 1 aliphatic heterocycles. The third-order valence-corrected chi connectivity index (χ3v) is 4.12. The summed E-state index contributed by atoms with van der Waals surface area (Å²) in [7, 11) is 0. The molecule has 1 aromatic carbocycles. The van der Waals surface area contributed by atoms with E-state index in [0.29, 0.717) is 0 Å². The average Bonchev–Trinajstić information content (AvgIpc) is 3.17. The smallest absolute Gasteiger partial charge is 0.152 e. The zero-order chi connectivity index (χ0) is 15.6. The summed E-state index contributed by atoms with van der Waals surface area (Å²) in [5.74, 6) is 2.77. The molecule has 0 unspecified atom stereocenters. The molecule has 2 aromatic heterocycles. The van der Waals surface area contributed by atoms with E-state index < -0.39 is 0 Å². The Morgan fingerprint density at radius 3 is 2.87 bits per heavy atom. The van der Waals surface area contributed by atoms with E-state index in [1.165, 1.54) is 5.56 Å². The molecule has 1 aliphatic rings. The lowest BCUT2D eigenvalue weighted by Crippen LogP contribution is -2.53. The fourth-order valence-electron chi connectivity index (χ4n) is 2.82. The second-order valence-electron chi connectivity index (χ2n) is 5.94. The van der Waals surface area contributed by atoms with Crippen LogP contribution in [0.5, 0.6) is 5.75 Å². The second-order valence-corrected chi connectivity index (χ2v) is 5.94. The first-order valence-electron chi connectivity index (χ1n) is 7.81. The molecule has 1 fully saturated rings. The number of benzene rings is 1. The largest absolute Gasteiger partial charge is 0.487 e. The molecule has 0 saturated carbocycles. The zero-order valence-electron chi connectivity index (χ0n) is 13.0. The summed E-state index contributed by atoms with van der Waals surface area (Å²) in [6.07, 6.45) is 1.98. The van der Waals surface area contributed by atoms with Crippen LogP contribution in [0.4, 0.5) is 0 Å². The molecule has 3 heterocycles. The Bertz CT molecular complexity index is 773. The standard InChI is InChI=1S/C18H19N3O2/c1-13-4-2-3-5-17(13)23-15-11-21(12-15)10-14-6-7-18(22-14)16-8-9-19-20-16/h2-9,15H,10-12H2,1H3,(H,19,20). The van der Waals surface area contributed by atoms with Crippen molar-refractivity contribution in [2.24, 2.45) is 0 Å². The fraction of sp³-hybridized carbons (Fsp3) is 0.278. The minimum Gasteiger partial charge on any atom is -0.487 e. The van der Waals surface area contributed by atoms with Gasteiger partial charge in [0.15, 0.2) is 5.76 Å². The zero-order valence-corrected chi connectivity index (χ0v) is 13.0. The summed E-state index contributed by atoms with van der Waals surface area (Å²) in [6, 6.07) is 14.0. The van der Waals surface area contributed by atoms with E-state index in [4.69, 9.17) is 9.15 Å². The van der Waals surface area contributed by atoms with Gasteiger partial charge in [0.1, 0.15) is 23.3 Å². The number of aromatic amines is 1. The molecule has 4 rings (SSSR count). The Morgan fingerprint density at radius 2 is 2.09 bits per heavy atom. The van der Waals surface area contributed by atoms with Crippen molar-refractivity contribution in [1.82, 2.24) is 15.1 Å². The van der Waals surface area contributed by atoms with Gasteiger partial charge in [0.05, 0.1) is 6.54 Å². The molecule has 23 heavy (non-hydrogen) atoms. The second kappa shape index (κ2) is 5.93. The number of nitrogens with zero attached hydrogens (tertiary/aromatic N) is 2. The highest BCUT2D eigenvalue weighted by molar-refractivity contribution is 5.51. The van der Waals surface area contributed by atoms with Gasteiger partial charge in [-0.2, -0.15) is 5.10 Å². The quantitative estimate of drug-likeness (QED) is 0.786. The molecule has 0 aliphatic carbocycles. The maximum absolute atomic E-state index is 6.03. The van der Waals surface area contributed by atoms with Gasteiger partial charge in [-0.3, -0.25) is 10.00 Å². The highest BCUT2D eigenvalue weighted by atomic mass is 16.5. The Balaban J connectivity index is 1.30. The third kappa shape index (κ3) is 3.00. The van der Waals surface area contributed by atoms with Gasteiger partial charge in [-0.05, 0) is 36.8 Å². The maximum Gasteiger partial charge on any atom is 0.152 e. The average molecular weight is 309 g/mol. The first-order chi connectivity index (χ1) is 11.3. The number of rotatable bonds is 5. The van der Waals surface area contributed by atoms with E-state index in [0.717, 1.165) is 42.6 Å². The van der Waals surface area contributed by atoms with E-state index in [-0.39, 0.29) is 6.10 Å².